The predicted molar refractivity (Wildman–Crippen MR) is 52.1 cm³/mol. The Morgan fingerprint density at radius 1 is 1.31 bits per heavy atom. The van der Waals surface area contributed by atoms with Crippen molar-refractivity contribution in [2.24, 2.45) is 5.92 Å². The van der Waals surface area contributed by atoms with Gasteiger partial charge in [-0.05, 0) is 30.9 Å². The molecule has 0 amide bonds. The molecule has 0 radical (unpaired) electrons. The Labute approximate surface area is 91.4 Å². The van der Waals surface area contributed by atoms with Crippen molar-refractivity contribution in [3.05, 3.63) is 24.0 Å². The van der Waals surface area contributed by atoms with E-state index in [2.05, 4.69) is 4.98 Å². The van der Waals surface area contributed by atoms with Crippen molar-refractivity contribution in [2.45, 2.75) is 25.4 Å². The highest BCUT2D eigenvalue weighted by atomic mass is 19.4. The summed E-state index contributed by atoms with van der Waals surface area (Å²) in [6.07, 6.45) is 0.259. The summed E-state index contributed by atoms with van der Waals surface area (Å²) in [4.78, 5) is 3.32. The minimum Gasteiger partial charge on any atom is -0.492 e. The SMILES string of the molecule is FC(F)(F)c1ccc(OCC2CCC2)cn1. The van der Waals surface area contributed by atoms with Crippen LogP contribution in [0.3, 0.4) is 0 Å². The predicted octanol–water partition coefficient (Wildman–Crippen LogP) is 3.28. The maximum absolute atomic E-state index is 12.2. The van der Waals surface area contributed by atoms with E-state index in [1.807, 2.05) is 0 Å². The summed E-state index contributed by atoms with van der Waals surface area (Å²) in [7, 11) is 0. The summed E-state index contributed by atoms with van der Waals surface area (Å²) in [5, 5.41) is 0. The number of rotatable bonds is 3. The number of ether oxygens (including phenoxy) is 1. The molecule has 0 unspecified atom stereocenters. The molecule has 0 saturated heterocycles. The van der Waals surface area contributed by atoms with Crippen molar-refractivity contribution < 1.29 is 17.9 Å². The molecule has 16 heavy (non-hydrogen) atoms. The van der Waals surface area contributed by atoms with E-state index < -0.39 is 11.9 Å². The van der Waals surface area contributed by atoms with Crippen LogP contribution in [0, 0.1) is 5.92 Å². The van der Waals surface area contributed by atoms with Gasteiger partial charge in [0.1, 0.15) is 11.4 Å². The van der Waals surface area contributed by atoms with Crippen molar-refractivity contribution in [3.8, 4) is 5.75 Å². The molecule has 1 fully saturated rings. The highest BCUT2D eigenvalue weighted by Gasteiger charge is 2.32. The van der Waals surface area contributed by atoms with Gasteiger partial charge in [-0.25, -0.2) is 4.98 Å². The molecule has 0 bridgehead atoms. The number of aromatic nitrogens is 1. The van der Waals surface area contributed by atoms with Crippen molar-refractivity contribution in [2.75, 3.05) is 6.61 Å². The Bertz CT molecular complexity index is 343. The number of hydrogen-bond acceptors (Lipinski definition) is 2. The quantitative estimate of drug-likeness (QED) is 0.796. The van der Waals surface area contributed by atoms with Gasteiger partial charge in [-0.3, -0.25) is 0 Å². The fraction of sp³-hybridized carbons (Fsp3) is 0.545. The zero-order chi connectivity index (χ0) is 11.6. The van der Waals surface area contributed by atoms with Crippen molar-refractivity contribution >= 4 is 0 Å². The molecule has 0 N–H and O–H groups in total. The molecule has 1 saturated carbocycles. The summed E-state index contributed by atoms with van der Waals surface area (Å²) >= 11 is 0. The maximum atomic E-state index is 12.2. The van der Waals surface area contributed by atoms with E-state index in [0.717, 1.165) is 25.1 Å². The molecule has 88 valence electrons. The van der Waals surface area contributed by atoms with Gasteiger partial charge < -0.3 is 4.74 Å². The lowest BCUT2D eigenvalue weighted by Gasteiger charge is -2.25. The first-order valence-electron chi connectivity index (χ1n) is 5.22. The fourth-order valence-corrected chi connectivity index (χ4v) is 1.51. The largest absolute Gasteiger partial charge is 0.492 e. The third kappa shape index (κ3) is 2.65. The summed E-state index contributed by atoms with van der Waals surface area (Å²) in [6, 6.07) is 2.25. The van der Waals surface area contributed by atoms with Crippen LogP contribution in [0.4, 0.5) is 13.2 Å². The molecular weight excluding hydrogens is 219 g/mol. The van der Waals surface area contributed by atoms with Gasteiger partial charge in [0.2, 0.25) is 0 Å². The first-order chi connectivity index (χ1) is 7.55. The second-order valence-corrected chi connectivity index (χ2v) is 3.98. The van der Waals surface area contributed by atoms with Crippen LogP contribution in [-0.2, 0) is 6.18 Å². The normalized spacial score (nSPS) is 16.9. The molecule has 5 heteroatoms. The van der Waals surface area contributed by atoms with Gasteiger partial charge in [-0.15, -0.1) is 0 Å². The van der Waals surface area contributed by atoms with E-state index in [0.29, 0.717) is 18.3 Å². The zero-order valence-corrected chi connectivity index (χ0v) is 8.63. The smallest absolute Gasteiger partial charge is 0.433 e. The lowest BCUT2D eigenvalue weighted by atomic mass is 9.86. The monoisotopic (exact) mass is 231 g/mol. The molecule has 1 aliphatic carbocycles. The number of alkyl halides is 3. The van der Waals surface area contributed by atoms with Gasteiger partial charge in [0.25, 0.3) is 0 Å². The van der Waals surface area contributed by atoms with Crippen LogP contribution >= 0.6 is 0 Å². The molecule has 1 aliphatic rings. The molecular formula is C11H12F3NO. The summed E-state index contributed by atoms with van der Waals surface area (Å²) in [6.45, 7) is 0.576. The summed E-state index contributed by atoms with van der Waals surface area (Å²) in [5.74, 6) is 0.960. The molecule has 0 aromatic carbocycles. The van der Waals surface area contributed by atoms with Crippen LogP contribution in [-0.4, -0.2) is 11.6 Å². The van der Waals surface area contributed by atoms with Crippen LogP contribution < -0.4 is 4.74 Å². The van der Waals surface area contributed by atoms with Gasteiger partial charge in [-0.2, -0.15) is 13.2 Å². The highest BCUT2D eigenvalue weighted by Crippen LogP contribution is 2.29. The lowest BCUT2D eigenvalue weighted by molar-refractivity contribution is -0.141. The highest BCUT2D eigenvalue weighted by molar-refractivity contribution is 5.21. The fourth-order valence-electron chi connectivity index (χ4n) is 1.51. The van der Waals surface area contributed by atoms with E-state index in [9.17, 15) is 13.2 Å². The average Bonchev–Trinajstić information content (AvgIpc) is 2.15. The third-order valence-electron chi connectivity index (χ3n) is 2.74. The number of hydrogen-bond donors (Lipinski definition) is 0. The van der Waals surface area contributed by atoms with E-state index in [1.54, 1.807) is 0 Å². The Hall–Kier alpha value is -1.26. The molecule has 2 rings (SSSR count). The first kappa shape index (κ1) is 11.2. The van der Waals surface area contributed by atoms with Crippen molar-refractivity contribution in [3.63, 3.8) is 0 Å². The van der Waals surface area contributed by atoms with Crippen LogP contribution in [0.15, 0.2) is 18.3 Å². The molecule has 1 aromatic heterocycles. The van der Waals surface area contributed by atoms with Gasteiger partial charge in [0.15, 0.2) is 0 Å². The van der Waals surface area contributed by atoms with Crippen molar-refractivity contribution in [1.29, 1.82) is 0 Å². The van der Waals surface area contributed by atoms with E-state index in [4.69, 9.17) is 4.74 Å². The van der Waals surface area contributed by atoms with Crippen LogP contribution in [0.2, 0.25) is 0 Å². The molecule has 0 spiro atoms. The second kappa shape index (κ2) is 4.31. The van der Waals surface area contributed by atoms with Crippen LogP contribution in [0.5, 0.6) is 5.75 Å². The second-order valence-electron chi connectivity index (χ2n) is 3.98. The minimum atomic E-state index is -4.38. The topological polar surface area (TPSA) is 22.1 Å². The molecule has 1 aromatic rings. The average molecular weight is 231 g/mol. The number of halogens is 3. The molecule has 2 nitrogen and oxygen atoms in total. The van der Waals surface area contributed by atoms with Crippen LogP contribution in [0.25, 0.3) is 0 Å². The Balaban J connectivity index is 1.91. The van der Waals surface area contributed by atoms with Gasteiger partial charge in [0.05, 0.1) is 12.8 Å². The number of pyridine rings is 1. The molecule has 0 atom stereocenters. The van der Waals surface area contributed by atoms with Gasteiger partial charge in [-0.1, -0.05) is 6.42 Å². The Morgan fingerprint density at radius 2 is 2.06 bits per heavy atom. The van der Waals surface area contributed by atoms with Gasteiger partial charge >= 0.3 is 6.18 Å². The maximum Gasteiger partial charge on any atom is 0.433 e. The summed E-state index contributed by atoms with van der Waals surface area (Å²) in [5.41, 5.74) is -0.886. The first-order valence-corrected chi connectivity index (χ1v) is 5.22. The Kier molecular flexibility index (Phi) is 3.03. The lowest BCUT2D eigenvalue weighted by Crippen LogP contribution is -2.19. The zero-order valence-electron chi connectivity index (χ0n) is 8.63. The van der Waals surface area contributed by atoms with Crippen LogP contribution in [0.1, 0.15) is 25.0 Å². The minimum absolute atomic E-state index is 0.403. The van der Waals surface area contributed by atoms with E-state index in [-0.39, 0.29) is 0 Å². The summed E-state index contributed by atoms with van der Waals surface area (Å²) < 4.78 is 41.9. The van der Waals surface area contributed by atoms with E-state index >= 15 is 0 Å². The standard InChI is InChI=1S/C11H12F3NO/c12-11(13,14)10-5-4-9(6-15-10)16-7-8-2-1-3-8/h4-6,8H,1-3,7H2. The third-order valence-corrected chi connectivity index (χ3v) is 2.74. The number of nitrogens with zero attached hydrogens (tertiary/aromatic N) is 1. The molecule has 0 aliphatic heterocycles. The van der Waals surface area contributed by atoms with Crippen molar-refractivity contribution in [1.82, 2.24) is 4.98 Å². The van der Waals surface area contributed by atoms with E-state index in [1.165, 1.54) is 12.5 Å². The van der Waals surface area contributed by atoms with Gasteiger partial charge in [0, 0.05) is 0 Å². The Morgan fingerprint density at radius 3 is 2.50 bits per heavy atom. The molecule has 1 heterocycles.